The largest absolute Gasteiger partial charge is 0.377 e. The second-order valence-corrected chi connectivity index (χ2v) is 5.16. The molecule has 1 unspecified atom stereocenters. The van der Waals surface area contributed by atoms with E-state index in [1.165, 1.54) is 16.8 Å². The minimum absolute atomic E-state index is 0.493. The molecule has 0 radical (unpaired) electrons. The number of benzene rings is 1. The molecule has 3 nitrogen and oxygen atoms in total. The fourth-order valence-corrected chi connectivity index (χ4v) is 2.66. The summed E-state index contributed by atoms with van der Waals surface area (Å²) in [6.45, 7) is 8.05. The van der Waals surface area contributed by atoms with E-state index in [2.05, 4.69) is 42.3 Å². The van der Waals surface area contributed by atoms with Gasteiger partial charge < -0.3 is 15.0 Å². The minimum Gasteiger partial charge on any atom is -0.377 e. The molecule has 0 aromatic heterocycles. The van der Waals surface area contributed by atoms with Gasteiger partial charge in [0.1, 0.15) is 0 Å². The van der Waals surface area contributed by atoms with Gasteiger partial charge in [-0.2, -0.15) is 0 Å². The summed E-state index contributed by atoms with van der Waals surface area (Å²) in [7, 11) is 2.00. The Morgan fingerprint density at radius 3 is 2.67 bits per heavy atom. The Labute approximate surface area is 110 Å². The third kappa shape index (κ3) is 3.24. The molecule has 1 fully saturated rings. The van der Waals surface area contributed by atoms with Crippen molar-refractivity contribution in [3.63, 3.8) is 0 Å². The number of nitrogens with one attached hydrogen (secondary N) is 1. The van der Waals surface area contributed by atoms with Crippen molar-refractivity contribution in [2.24, 2.45) is 0 Å². The molecule has 0 bridgehead atoms. The molecular formula is C15H24N2O. The molecule has 0 amide bonds. The van der Waals surface area contributed by atoms with Gasteiger partial charge in [-0.15, -0.1) is 0 Å². The SMILES string of the molecule is CNCCC1COCCN1c1cc(C)cc(C)c1. The first-order valence-electron chi connectivity index (χ1n) is 6.78. The zero-order chi connectivity index (χ0) is 13.0. The van der Waals surface area contributed by atoms with Gasteiger partial charge in [-0.25, -0.2) is 0 Å². The highest BCUT2D eigenvalue weighted by atomic mass is 16.5. The van der Waals surface area contributed by atoms with E-state index in [-0.39, 0.29) is 0 Å². The Balaban J connectivity index is 2.16. The van der Waals surface area contributed by atoms with Gasteiger partial charge in [-0.1, -0.05) is 6.07 Å². The van der Waals surface area contributed by atoms with Crippen LogP contribution in [0.1, 0.15) is 17.5 Å². The molecule has 1 aromatic carbocycles. The van der Waals surface area contributed by atoms with Crippen molar-refractivity contribution < 1.29 is 4.74 Å². The molecule has 100 valence electrons. The Morgan fingerprint density at radius 1 is 1.28 bits per heavy atom. The number of aryl methyl sites for hydroxylation is 2. The molecule has 2 rings (SSSR count). The van der Waals surface area contributed by atoms with Crippen LogP contribution < -0.4 is 10.2 Å². The summed E-state index contributed by atoms with van der Waals surface area (Å²) < 4.78 is 5.62. The first kappa shape index (κ1) is 13.4. The van der Waals surface area contributed by atoms with Crippen LogP contribution >= 0.6 is 0 Å². The number of morpholine rings is 1. The van der Waals surface area contributed by atoms with Gasteiger partial charge in [0.2, 0.25) is 0 Å². The summed E-state index contributed by atoms with van der Waals surface area (Å²) in [5.74, 6) is 0. The molecule has 1 aromatic rings. The number of nitrogens with zero attached hydrogens (tertiary/aromatic N) is 1. The molecule has 0 saturated carbocycles. The number of hydrogen-bond donors (Lipinski definition) is 1. The topological polar surface area (TPSA) is 24.5 Å². The molecule has 0 spiro atoms. The van der Waals surface area contributed by atoms with Gasteiger partial charge >= 0.3 is 0 Å². The van der Waals surface area contributed by atoms with E-state index in [1.807, 2.05) is 7.05 Å². The van der Waals surface area contributed by atoms with E-state index in [1.54, 1.807) is 0 Å². The van der Waals surface area contributed by atoms with Crippen molar-refractivity contribution in [1.29, 1.82) is 0 Å². The Kier molecular flexibility index (Phi) is 4.61. The zero-order valence-electron chi connectivity index (χ0n) is 11.7. The molecule has 3 heteroatoms. The van der Waals surface area contributed by atoms with Crippen molar-refractivity contribution in [2.45, 2.75) is 26.3 Å². The summed E-state index contributed by atoms with van der Waals surface area (Å²) >= 11 is 0. The monoisotopic (exact) mass is 248 g/mol. The average molecular weight is 248 g/mol. The van der Waals surface area contributed by atoms with Crippen LogP contribution in [-0.2, 0) is 4.74 Å². The lowest BCUT2D eigenvalue weighted by atomic mass is 10.1. The third-order valence-electron chi connectivity index (χ3n) is 3.49. The van der Waals surface area contributed by atoms with Gasteiger partial charge in [-0.05, 0) is 57.1 Å². The molecule has 0 aliphatic carbocycles. The van der Waals surface area contributed by atoms with Gasteiger partial charge in [0.15, 0.2) is 0 Å². The normalized spacial score (nSPS) is 20.2. The number of ether oxygens (including phenoxy) is 1. The molecule has 1 aliphatic heterocycles. The van der Waals surface area contributed by atoms with Crippen LogP contribution in [0.15, 0.2) is 18.2 Å². The summed E-state index contributed by atoms with van der Waals surface area (Å²) in [6.07, 6.45) is 1.13. The zero-order valence-corrected chi connectivity index (χ0v) is 11.7. The number of anilines is 1. The average Bonchev–Trinajstić information content (AvgIpc) is 2.35. The van der Waals surface area contributed by atoms with Gasteiger partial charge in [-0.3, -0.25) is 0 Å². The lowest BCUT2D eigenvalue weighted by molar-refractivity contribution is 0.0917. The fourth-order valence-electron chi connectivity index (χ4n) is 2.66. The first-order chi connectivity index (χ1) is 8.70. The summed E-state index contributed by atoms with van der Waals surface area (Å²) in [5.41, 5.74) is 4.02. The fraction of sp³-hybridized carbons (Fsp3) is 0.600. The van der Waals surface area contributed by atoms with Crippen molar-refractivity contribution >= 4 is 5.69 Å². The highest BCUT2D eigenvalue weighted by Crippen LogP contribution is 2.23. The number of rotatable bonds is 4. The van der Waals surface area contributed by atoms with Crippen LogP contribution in [0.3, 0.4) is 0 Å². The van der Waals surface area contributed by atoms with Crippen LogP contribution in [0.25, 0.3) is 0 Å². The predicted molar refractivity (Wildman–Crippen MR) is 76.4 cm³/mol. The smallest absolute Gasteiger partial charge is 0.0671 e. The minimum atomic E-state index is 0.493. The molecule has 1 N–H and O–H groups in total. The summed E-state index contributed by atoms with van der Waals surface area (Å²) in [6, 6.07) is 7.29. The molecule has 1 atom stereocenters. The Bertz CT molecular complexity index is 372. The summed E-state index contributed by atoms with van der Waals surface area (Å²) in [4.78, 5) is 2.50. The van der Waals surface area contributed by atoms with Crippen LogP contribution in [-0.4, -0.2) is 39.4 Å². The van der Waals surface area contributed by atoms with Crippen molar-refractivity contribution in [2.75, 3.05) is 38.3 Å². The van der Waals surface area contributed by atoms with Crippen LogP contribution in [0, 0.1) is 13.8 Å². The second kappa shape index (κ2) is 6.21. The molecule has 1 aliphatic rings. The van der Waals surface area contributed by atoms with Gasteiger partial charge in [0.05, 0.1) is 19.3 Å². The van der Waals surface area contributed by atoms with Crippen molar-refractivity contribution in [3.8, 4) is 0 Å². The van der Waals surface area contributed by atoms with Crippen molar-refractivity contribution in [1.82, 2.24) is 5.32 Å². The molecular weight excluding hydrogens is 224 g/mol. The quantitative estimate of drug-likeness (QED) is 0.883. The standard InChI is InChI=1S/C15H24N2O/c1-12-8-13(2)10-15(9-12)17-6-7-18-11-14(17)4-5-16-3/h8-10,14,16H,4-7,11H2,1-3H3. The van der Waals surface area contributed by atoms with E-state index in [9.17, 15) is 0 Å². The second-order valence-electron chi connectivity index (χ2n) is 5.16. The number of hydrogen-bond acceptors (Lipinski definition) is 3. The maximum atomic E-state index is 5.62. The first-order valence-corrected chi connectivity index (χ1v) is 6.78. The maximum Gasteiger partial charge on any atom is 0.0671 e. The highest BCUT2D eigenvalue weighted by Gasteiger charge is 2.22. The van der Waals surface area contributed by atoms with E-state index in [0.29, 0.717) is 6.04 Å². The highest BCUT2D eigenvalue weighted by molar-refractivity contribution is 5.52. The third-order valence-corrected chi connectivity index (χ3v) is 3.49. The Hall–Kier alpha value is -1.06. The molecule has 1 saturated heterocycles. The van der Waals surface area contributed by atoms with Gasteiger partial charge in [0, 0.05) is 12.2 Å². The maximum absolute atomic E-state index is 5.62. The van der Waals surface area contributed by atoms with Crippen LogP contribution in [0.4, 0.5) is 5.69 Å². The molecule has 18 heavy (non-hydrogen) atoms. The van der Waals surface area contributed by atoms with E-state index in [4.69, 9.17) is 4.74 Å². The lowest BCUT2D eigenvalue weighted by Gasteiger charge is -2.38. The van der Waals surface area contributed by atoms with Crippen molar-refractivity contribution in [3.05, 3.63) is 29.3 Å². The van der Waals surface area contributed by atoms with Crippen LogP contribution in [0.2, 0.25) is 0 Å². The van der Waals surface area contributed by atoms with Gasteiger partial charge in [0.25, 0.3) is 0 Å². The lowest BCUT2D eigenvalue weighted by Crippen LogP contribution is -2.46. The van der Waals surface area contributed by atoms with E-state index >= 15 is 0 Å². The molecule has 1 heterocycles. The Morgan fingerprint density at radius 2 is 2.00 bits per heavy atom. The predicted octanol–water partition coefficient (Wildman–Crippen LogP) is 2.12. The van der Waals surface area contributed by atoms with E-state index in [0.717, 1.165) is 32.7 Å². The van der Waals surface area contributed by atoms with Crippen LogP contribution in [0.5, 0.6) is 0 Å². The van der Waals surface area contributed by atoms with E-state index < -0.39 is 0 Å². The summed E-state index contributed by atoms with van der Waals surface area (Å²) in [5, 5.41) is 3.23.